The molecule has 0 fully saturated rings. The first-order chi connectivity index (χ1) is 11.8. The molecule has 2 aromatic heterocycles. The summed E-state index contributed by atoms with van der Waals surface area (Å²) in [5.41, 5.74) is 7.39. The van der Waals surface area contributed by atoms with E-state index in [9.17, 15) is 0 Å². The molecule has 114 valence electrons. The number of hydrogen-bond donors (Lipinski definition) is 1. The van der Waals surface area contributed by atoms with E-state index >= 15 is 0 Å². The molecule has 0 bridgehead atoms. The Balaban J connectivity index is 2.10. The van der Waals surface area contributed by atoms with Crippen molar-refractivity contribution in [3.05, 3.63) is 78.9 Å². The van der Waals surface area contributed by atoms with Crippen LogP contribution < -0.4 is 4.57 Å². The lowest BCUT2D eigenvalue weighted by Gasteiger charge is -2.08. The maximum absolute atomic E-state index is 3.66. The number of benzene rings is 3. The molecule has 2 heterocycles. The number of aryl methyl sites for hydroxylation is 1. The van der Waals surface area contributed by atoms with Crippen LogP contribution in [0.4, 0.5) is 0 Å². The van der Waals surface area contributed by atoms with E-state index in [0.29, 0.717) is 0 Å². The minimum Gasteiger partial charge on any atom is -0.349 e. The predicted octanol–water partition coefficient (Wildman–Crippen LogP) is 4.97. The van der Waals surface area contributed by atoms with Crippen LogP contribution in [0.3, 0.4) is 0 Å². The smallest absolute Gasteiger partial charge is 0.239 e. The molecule has 5 aromatic rings. The van der Waals surface area contributed by atoms with Crippen molar-refractivity contribution in [1.82, 2.24) is 4.98 Å². The fourth-order valence-electron chi connectivity index (χ4n) is 3.79. The van der Waals surface area contributed by atoms with Gasteiger partial charge in [-0.3, -0.25) is 0 Å². The Labute approximate surface area is 140 Å². The molecule has 5 rings (SSSR count). The van der Waals surface area contributed by atoms with Crippen LogP contribution in [0, 0.1) is 0 Å². The van der Waals surface area contributed by atoms with Crippen LogP contribution in [-0.4, -0.2) is 4.98 Å². The summed E-state index contributed by atoms with van der Waals surface area (Å²) in [5.74, 6) is 0. The fraction of sp³-hybridized carbons (Fsp3) is 0.0455. The molecule has 1 N–H and O–H groups in total. The third kappa shape index (κ3) is 1.74. The first-order valence-electron chi connectivity index (χ1n) is 8.21. The van der Waals surface area contributed by atoms with Crippen LogP contribution in [0.5, 0.6) is 0 Å². The van der Waals surface area contributed by atoms with Crippen molar-refractivity contribution in [2.75, 3.05) is 0 Å². The maximum Gasteiger partial charge on any atom is 0.239 e. The van der Waals surface area contributed by atoms with Gasteiger partial charge in [-0.05, 0) is 23.8 Å². The van der Waals surface area contributed by atoms with E-state index < -0.39 is 0 Å². The van der Waals surface area contributed by atoms with Gasteiger partial charge in [0.15, 0.2) is 0 Å². The largest absolute Gasteiger partial charge is 0.349 e. The predicted molar refractivity (Wildman–Crippen MR) is 99.9 cm³/mol. The molecule has 0 aliphatic rings. The molecule has 0 saturated carbocycles. The van der Waals surface area contributed by atoms with Gasteiger partial charge in [0.1, 0.15) is 12.6 Å². The highest BCUT2D eigenvalue weighted by Gasteiger charge is 2.22. The number of nitrogens with one attached hydrogen (secondary N) is 1. The van der Waals surface area contributed by atoms with Gasteiger partial charge in [-0.25, -0.2) is 0 Å². The zero-order valence-corrected chi connectivity index (χ0v) is 13.5. The van der Waals surface area contributed by atoms with Gasteiger partial charge in [0, 0.05) is 11.6 Å². The van der Waals surface area contributed by atoms with Gasteiger partial charge in [0.25, 0.3) is 0 Å². The summed E-state index contributed by atoms with van der Waals surface area (Å²) in [6, 6.07) is 27.8. The van der Waals surface area contributed by atoms with Crippen LogP contribution in [-0.2, 0) is 7.05 Å². The van der Waals surface area contributed by atoms with E-state index in [0.717, 1.165) is 0 Å². The third-order valence-corrected chi connectivity index (χ3v) is 4.86. The molecule has 0 atom stereocenters. The first-order valence-corrected chi connectivity index (χ1v) is 8.21. The quantitative estimate of drug-likeness (QED) is 0.422. The molecule has 2 heteroatoms. The standard InChI is InChI=1S/C22H16N2/c1-24-19-14-8-6-12-17(19)20(15-9-3-2-4-10-15)21-22(24)16-11-5-7-13-18(16)23-21/h2-14H,1H3/p+1. The van der Waals surface area contributed by atoms with Crippen LogP contribution >= 0.6 is 0 Å². The lowest BCUT2D eigenvalue weighted by molar-refractivity contribution is -0.616. The normalized spacial score (nSPS) is 11.5. The fourth-order valence-corrected chi connectivity index (χ4v) is 3.79. The number of aromatic nitrogens is 2. The van der Waals surface area contributed by atoms with Crippen molar-refractivity contribution >= 4 is 32.8 Å². The van der Waals surface area contributed by atoms with Crippen molar-refractivity contribution in [3.8, 4) is 11.1 Å². The van der Waals surface area contributed by atoms with Gasteiger partial charge >= 0.3 is 0 Å². The van der Waals surface area contributed by atoms with Crippen LogP contribution in [0.2, 0.25) is 0 Å². The Hall–Kier alpha value is -3.13. The van der Waals surface area contributed by atoms with E-state index in [1.54, 1.807) is 0 Å². The Kier molecular flexibility index (Phi) is 2.74. The van der Waals surface area contributed by atoms with Crippen molar-refractivity contribution in [2.45, 2.75) is 0 Å². The van der Waals surface area contributed by atoms with Gasteiger partial charge in [-0.1, -0.05) is 54.6 Å². The average molecular weight is 309 g/mol. The molecule has 0 amide bonds. The van der Waals surface area contributed by atoms with Crippen LogP contribution in [0.25, 0.3) is 44.0 Å². The summed E-state index contributed by atoms with van der Waals surface area (Å²) in [6.07, 6.45) is 0. The molecule has 0 saturated heterocycles. The third-order valence-electron chi connectivity index (χ3n) is 4.86. The second kappa shape index (κ2) is 4.93. The van der Waals surface area contributed by atoms with E-state index in [2.05, 4.69) is 95.5 Å². The van der Waals surface area contributed by atoms with Gasteiger partial charge in [-0.15, -0.1) is 0 Å². The lowest BCUT2D eigenvalue weighted by Crippen LogP contribution is -2.30. The summed E-state index contributed by atoms with van der Waals surface area (Å²) >= 11 is 0. The highest BCUT2D eigenvalue weighted by molar-refractivity contribution is 6.14. The van der Waals surface area contributed by atoms with E-state index in [1.165, 1.54) is 44.0 Å². The van der Waals surface area contributed by atoms with E-state index in [1.807, 2.05) is 0 Å². The first kappa shape index (κ1) is 13.3. The summed E-state index contributed by atoms with van der Waals surface area (Å²) < 4.78 is 2.30. The summed E-state index contributed by atoms with van der Waals surface area (Å²) in [4.78, 5) is 3.66. The second-order valence-corrected chi connectivity index (χ2v) is 6.21. The summed E-state index contributed by atoms with van der Waals surface area (Å²) in [6.45, 7) is 0. The SMILES string of the molecule is C[n+]1c2ccccc2c(-c2ccccc2)c2[nH]c3ccccc3c21. The minimum atomic E-state index is 1.18. The van der Waals surface area contributed by atoms with Crippen molar-refractivity contribution in [2.24, 2.45) is 7.05 Å². The topological polar surface area (TPSA) is 19.7 Å². The number of para-hydroxylation sites is 2. The molecule has 24 heavy (non-hydrogen) atoms. The number of rotatable bonds is 1. The number of hydrogen-bond acceptors (Lipinski definition) is 0. The van der Waals surface area contributed by atoms with Crippen molar-refractivity contribution in [3.63, 3.8) is 0 Å². The number of nitrogens with zero attached hydrogens (tertiary/aromatic N) is 1. The van der Waals surface area contributed by atoms with Crippen molar-refractivity contribution < 1.29 is 4.57 Å². The summed E-state index contributed by atoms with van der Waals surface area (Å²) in [7, 11) is 2.15. The second-order valence-electron chi connectivity index (χ2n) is 6.21. The Morgan fingerprint density at radius 3 is 2.21 bits per heavy atom. The molecule has 0 aliphatic carbocycles. The molecule has 0 unspecified atom stereocenters. The van der Waals surface area contributed by atoms with Crippen LogP contribution in [0.15, 0.2) is 78.9 Å². The van der Waals surface area contributed by atoms with Crippen LogP contribution in [0.1, 0.15) is 0 Å². The zero-order chi connectivity index (χ0) is 16.1. The number of H-pyrrole nitrogens is 1. The maximum atomic E-state index is 3.66. The minimum absolute atomic E-state index is 1.18. The van der Waals surface area contributed by atoms with Crippen molar-refractivity contribution in [1.29, 1.82) is 0 Å². The molecular weight excluding hydrogens is 292 g/mol. The molecule has 3 aromatic carbocycles. The van der Waals surface area contributed by atoms with E-state index in [4.69, 9.17) is 0 Å². The molecular formula is C22H17N2+. The number of fused-ring (bicyclic) bond motifs is 4. The molecule has 0 radical (unpaired) electrons. The molecule has 0 aliphatic heterocycles. The summed E-state index contributed by atoms with van der Waals surface area (Å²) in [5, 5.41) is 2.53. The Morgan fingerprint density at radius 1 is 0.708 bits per heavy atom. The monoisotopic (exact) mass is 309 g/mol. The highest BCUT2D eigenvalue weighted by Crippen LogP contribution is 2.36. The average Bonchev–Trinajstić information content (AvgIpc) is 3.02. The van der Waals surface area contributed by atoms with Gasteiger partial charge in [-0.2, -0.15) is 4.57 Å². The number of pyridine rings is 1. The van der Waals surface area contributed by atoms with E-state index in [-0.39, 0.29) is 0 Å². The highest BCUT2D eigenvalue weighted by atomic mass is 15.0. The zero-order valence-electron chi connectivity index (χ0n) is 13.5. The number of aromatic amines is 1. The van der Waals surface area contributed by atoms with Gasteiger partial charge < -0.3 is 4.98 Å². The van der Waals surface area contributed by atoms with Gasteiger partial charge in [0.2, 0.25) is 11.0 Å². The Morgan fingerprint density at radius 2 is 1.38 bits per heavy atom. The lowest BCUT2D eigenvalue weighted by atomic mass is 9.99. The molecule has 2 nitrogen and oxygen atoms in total. The molecule has 0 spiro atoms. The van der Waals surface area contributed by atoms with Gasteiger partial charge in [0.05, 0.1) is 16.3 Å². The Bertz CT molecular complexity index is 1200.